The van der Waals surface area contributed by atoms with Gasteiger partial charge in [0.1, 0.15) is 0 Å². The van der Waals surface area contributed by atoms with Gasteiger partial charge in [0.05, 0.1) is 0 Å². The van der Waals surface area contributed by atoms with Crippen molar-refractivity contribution in [3.05, 3.63) is 0 Å². The van der Waals surface area contributed by atoms with Crippen molar-refractivity contribution < 1.29 is 5.11 Å². The Morgan fingerprint density at radius 2 is 1.91 bits per heavy atom. The van der Waals surface area contributed by atoms with Gasteiger partial charge in [-0.2, -0.15) is 0 Å². The molecule has 0 aromatic rings. The lowest BCUT2D eigenvalue weighted by Gasteiger charge is -2.26. The van der Waals surface area contributed by atoms with Crippen LogP contribution < -0.4 is 0 Å². The molecule has 0 bridgehead atoms. The minimum atomic E-state index is 0.377. The molecule has 1 aliphatic carbocycles. The Morgan fingerprint density at radius 3 is 2.36 bits per heavy atom. The molecule has 66 valence electrons. The van der Waals surface area contributed by atoms with Crippen LogP contribution in [0.4, 0.5) is 0 Å². The van der Waals surface area contributed by atoms with E-state index >= 15 is 0 Å². The lowest BCUT2D eigenvalue weighted by molar-refractivity contribution is 0.209. The van der Waals surface area contributed by atoms with Gasteiger partial charge in [-0.3, -0.25) is 0 Å². The first-order valence-corrected chi connectivity index (χ1v) is 4.94. The first-order valence-electron chi connectivity index (χ1n) is 4.94. The summed E-state index contributed by atoms with van der Waals surface area (Å²) in [5, 5.41) is 8.74. The summed E-state index contributed by atoms with van der Waals surface area (Å²) < 4.78 is 0. The topological polar surface area (TPSA) is 20.2 Å². The Hall–Kier alpha value is -0.0400. The average molecular weight is 156 g/mol. The lowest BCUT2D eigenvalue weighted by Crippen LogP contribution is -2.15. The molecular formula is C10H20O. The van der Waals surface area contributed by atoms with Gasteiger partial charge < -0.3 is 5.11 Å². The van der Waals surface area contributed by atoms with Crippen LogP contribution in [0.15, 0.2) is 0 Å². The van der Waals surface area contributed by atoms with Gasteiger partial charge >= 0.3 is 0 Å². The molecule has 11 heavy (non-hydrogen) atoms. The van der Waals surface area contributed by atoms with Crippen molar-refractivity contribution in [1.29, 1.82) is 0 Å². The zero-order valence-electron chi connectivity index (χ0n) is 7.60. The smallest absolute Gasteiger partial charge is 0.0431 e. The molecule has 0 aliphatic heterocycles. The summed E-state index contributed by atoms with van der Waals surface area (Å²) >= 11 is 0. The van der Waals surface area contributed by atoms with Crippen LogP contribution in [0.5, 0.6) is 0 Å². The molecule has 1 nitrogen and oxygen atoms in total. The normalized spacial score (nSPS) is 22.4. The minimum Gasteiger partial charge on any atom is -0.396 e. The summed E-state index contributed by atoms with van der Waals surface area (Å²) in [6, 6.07) is 0. The first kappa shape index (κ1) is 9.05. The van der Waals surface area contributed by atoms with Crippen molar-refractivity contribution in [2.75, 3.05) is 6.61 Å². The van der Waals surface area contributed by atoms with E-state index in [1.54, 1.807) is 0 Å². The van der Waals surface area contributed by atoms with Gasteiger partial charge in [-0.1, -0.05) is 26.2 Å². The van der Waals surface area contributed by atoms with Crippen LogP contribution >= 0.6 is 0 Å². The molecule has 1 heteroatoms. The fourth-order valence-corrected chi connectivity index (χ4v) is 2.36. The van der Waals surface area contributed by atoms with E-state index in [0.717, 1.165) is 6.42 Å². The summed E-state index contributed by atoms with van der Waals surface area (Å²) in [5.74, 6) is 0. The van der Waals surface area contributed by atoms with Gasteiger partial charge in [-0.15, -0.1) is 0 Å². The molecule has 1 rings (SSSR count). The predicted octanol–water partition coefficient (Wildman–Crippen LogP) is 2.73. The molecule has 0 aromatic heterocycles. The van der Waals surface area contributed by atoms with Gasteiger partial charge in [0, 0.05) is 6.61 Å². The molecule has 1 aliphatic rings. The van der Waals surface area contributed by atoms with Crippen molar-refractivity contribution in [3.63, 3.8) is 0 Å². The first-order chi connectivity index (χ1) is 5.33. The molecule has 0 radical (unpaired) electrons. The van der Waals surface area contributed by atoms with Crippen LogP contribution in [-0.2, 0) is 0 Å². The van der Waals surface area contributed by atoms with E-state index in [1.165, 1.54) is 38.5 Å². The van der Waals surface area contributed by atoms with E-state index in [4.69, 9.17) is 5.11 Å². The summed E-state index contributed by atoms with van der Waals surface area (Å²) in [6.45, 7) is 2.67. The van der Waals surface area contributed by atoms with E-state index in [0.29, 0.717) is 12.0 Å². The maximum atomic E-state index is 8.74. The van der Waals surface area contributed by atoms with Crippen molar-refractivity contribution in [2.24, 2.45) is 5.41 Å². The highest BCUT2D eigenvalue weighted by Crippen LogP contribution is 2.44. The third-order valence-corrected chi connectivity index (χ3v) is 3.28. The van der Waals surface area contributed by atoms with Crippen LogP contribution in [0, 0.1) is 5.41 Å². The van der Waals surface area contributed by atoms with E-state index in [2.05, 4.69) is 6.92 Å². The molecule has 0 spiro atoms. The molecule has 0 heterocycles. The van der Waals surface area contributed by atoms with Gasteiger partial charge in [0.15, 0.2) is 0 Å². The second-order valence-corrected chi connectivity index (χ2v) is 3.89. The fraction of sp³-hybridized carbons (Fsp3) is 1.00. The molecule has 0 saturated heterocycles. The summed E-state index contributed by atoms with van der Waals surface area (Å²) in [4.78, 5) is 0. The van der Waals surface area contributed by atoms with Crippen molar-refractivity contribution in [1.82, 2.24) is 0 Å². The largest absolute Gasteiger partial charge is 0.396 e. The monoisotopic (exact) mass is 156 g/mol. The van der Waals surface area contributed by atoms with Gasteiger partial charge in [-0.05, 0) is 31.1 Å². The zero-order chi connectivity index (χ0) is 8.16. The quantitative estimate of drug-likeness (QED) is 0.663. The number of hydrogen-bond acceptors (Lipinski definition) is 1. The molecule has 1 saturated carbocycles. The van der Waals surface area contributed by atoms with E-state index in [-0.39, 0.29) is 0 Å². The summed E-state index contributed by atoms with van der Waals surface area (Å²) in [5.41, 5.74) is 0.628. The van der Waals surface area contributed by atoms with E-state index in [1.807, 2.05) is 0 Å². The number of hydrogen-bond donors (Lipinski definition) is 1. The van der Waals surface area contributed by atoms with Crippen LogP contribution in [0.2, 0.25) is 0 Å². The Kier molecular flexibility index (Phi) is 3.38. The number of aliphatic hydroxyl groups excluding tert-OH is 1. The molecular weight excluding hydrogens is 136 g/mol. The Balaban J connectivity index is 2.33. The Bertz CT molecular complexity index is 103. The van der Waals surface area contributed by atoms with Crippen molar-refractivity contribution >= 4 is 0 Å². The van der Waals surface area contributed by atoms with Gasteiger partial charge in [0.2, 0.25) is 0 Å². The second kappa shape index (κ2) is 4.10. The second-order valence-electron chi connectivity index (χ2n) is 3.89. The van der Waals surface area contributed by atoms with Crippen molar-refractivity contribution in [3.8, 4) is 0 Å². The van der Waals surface area contributed by atoms with Crippen LogP contribution in [0.25, 0.3) is 0 Å². The summed E-state index contributed by atoms with van der Waals surface area (Å²) in [6.07, 6.45) is 9.21. The highest BCUT2D eigenvalue weighted by molar-refractivity contribution is 4.82. The Labute approximate surface area is 69.8 Å². The number of rotatable bonds is 4. The standard InChI is InChI=1S/C10H20O/c1-2-10(8-5-9-11)6-3-4-7-10/h11H,2-9H2,1H3. The molecule has 0 atom stereocenters. The van der Waals surface area contributed by atoms with Crippen LogP contribution in [-0.4, -0.2) is 11.7 Å². The average Bonchev–Trinajstić information content (AvgIpc) is 2.50. The maximum Gasteiger partial charge on any atom is 0.0431 e. The van der Waals surface area contributed by atoms with E-state index < -0.39 is 0 Å². The van der Waals surface area contributed by atoms with Crippen LogP contribution in [0.3, 0.4) is 0 Å². The molecule has 0 unspecified atom stereocenters. The third kappa shape index (κ3) is 2.19. The fourth-order valence-electron chi connectivity index (χ4n) is 2.36. The maximum absolute atomic E-state index is 8.74. The highest BCUT2D eigenvalue weighted by atomic mass is 16.2. The van der Waals surface area contributed by atoms with Gasteiger partial charge in [-0.25, -0.2) is 0 Å². The molecule has 0 aromatic carbocycles. The zero-order valence-corrected chi connectivity index (χ0v) is 7.60. The SMILES string of the molecule is CCC1(CCCO)CCCC1. The Morgan fingerprint density at radius 1 is 1.27 bits per heavy atom. The highest BCUT2D eigenvalue weighted by Gasteiger charge is 2.30. The summed E-state index contributed by atoms with van der Waals surface area (Å²) in [7, 11) is 0. The minimum absolute atomic E-state index is 0.377. The predicted molar refractivity (Wildman–Crippen MR) is 47.5 cm³/mol. The van der Waals surface area contributed by atoms with Gasteiger partial charge in [0.25, 0.3) is 0 Å². The van der Waals surface area contributed by atoms with Crippen molar-refractivity contribution in [2.45, 2.75) is 51.9 Å². The third-order valence-electron chi connectivity index (χ3n) is 3.28. The molecule has 1 N–H and O–H groups in total. The van der Waals surface area contributed by atoms with E-state index in [9.17, 15) is 0 Å². The molecule has 1 fully saturated rings. The van der Waals surface area contributed by atoms with Crippen LogP contribution in [0.1, 0.15) is 51.9 Å². The molecule has 0 amide bonds. The number of aliphatic hydroxyl groups is 1. The lowest BCUT2D eigenvalue weighted by atomic mass is 9.79.